The van der Waals surface area contributed by atoms with E-state index in [2.05, 4.69) is 28.1 Å². The molecule has 1 aromatic heterocycles. The van der Waals surface area contributed by atoms with Crippen LogP contribution in [0.2, 0.25) is 0 Å². The molecule has 1 unspecified atom stereocenters. The van der Waals surface area contributed by atoms with Gasteiger partial charge in [0.15, 0.2) is 0 Å². The molecule has 0 radical (unpaired) electrons. The van der Waals surface area contributed by atoms with E-state index in [1.807, 2.05) is 14.0 Å². The molecule has 1 atom stereocenters. The number of aromatic nitrogens is 1. The summed E-state index contributed by atoms with van der Waals surface area (Å²) < 4.78 is 0. The summed E-state index contributed by atoms with van der Waals surface area (Å²) >= 11 is 0. The zero-order valence-electron chi connectivity index (χ0n) is 9.90. The number of hydrogen-bond donors (Lipinski definition) is 0. The number of fused-ring (bicyclic) bond motifs is 1. The fourth-order valence-electron chi connectivity index (χ4n) is 2.17. The first-order valence-electron chi connectivity index (χ1n) is 5.80. The number of anilines is 1. The zero-order valence-corrected chi connectivity index (χ0v) is 9.90. The Balaban J connectivity index is 2.12. The number of aryl methyl sites for hydroxylation is 2. The molecule has 0 aromatic carbocycles. The van der Waals surface area contributed by atoms with Gasteiger partial charge in [-0.25, -0.2) is 4.98 Å². The highest BCUT2D eigenvalue weighted by Gasteiger charge is 2.14. The van der Waals surface area contributed by atoms with Gasteiger partial charge < -0.3 is 4.90 Å². The Morgan fingerprint density at radius 3 is 3.06 bits per heavy atom. The molecule has 0 aliphatic heterocycles. The molecule has 1 aliphatic carbocycles. The maximum Gasteiger partial charge on any atom is 0.128 e. The number of pyridine rings is 1. The Kier molecular flexibility index (Phi) is 3.09. The molecule has 0 spiro atoms. The van der Waals surface area contributed by atoms with E-state index in [0.29, 0.717) is 0 Å². The van der Waals surface area contributed by atoms with Gasteiger partial charge >= 0.3 is 0 Å². The maximum atomic E-state index is 8.79. The zero-order chi connectivity index (χ0) is 11.5. The molecule has 1 aromatic rings. The average molecular weight is 215 g/mol. The third-order valence-electron chi connectivity index (χ3n) is 3.07. The van der Waals surface area contributed by atoms with Crippen LogP contribution in [0.4, 0.5) is 5.82 Å². The summed E-state index contributed by atoms with van der Waals surface area (Å²) in [4.78, 5) is 6.72. The molecule has 0 bridgehead atoms. The van der Waals surface area contributed by atoms with Gasteiger partial charge in [-0.15, -0.1) is 0 Å². The van der Waals surface area contributed by atoms with Crippen molar-refractivity contribution in [2.75, 3.05) is 18.5 Å². The lowest BCUT2D eigenvalue weighted by Gasteiger charge is -2.19. The van der Waals surface area contributed by atoms with Crippen molar-refractivity contribution >= 4 is 5.82 Å². The summed E-state index contributed by atoms with van der Waals surface area (Å²) in [5, 5.41) is 8.79. The van der Waals surface area contributed by atoms with Gasteiger partial charge in [-0.1, -0.05) is 6.07 Å². The van der Waals surface area contributed by atoms with E-state index in [9.17, 15) is 0 Å². The molecule has 84 valence electrons. The van der Waals surface area contributed by atoms with Crippen LogP contribution in [0.5, 0.6) is 0 Å². The van der Waals surface area contributed by atoms with Crippen LogP contribution < -0.4 is 4.90 Å². The lowest BCUT2D eigenvalue weighted by atomic mass is 10.2. The third-order valence-corrected chi connectivity index (χ3v) is 3.07. The van der Waals surface area contributed by atoms with Crippen LogP contribution in [-0.2, 0) is 12.8 Å². The fraction of sp³-hybridized carbons (Fsp3) is 0.538. The van der Waals surface area contributed by atoms with Crippen molar-refractivity contribution in [3.05, 3.63) is 23.4 Å². The highest BCUT2D eigenvalue weighted by atomic mass is 15.2. The van der Waals surface area contributed by atoms with Crippen LogP contribution in [0.1, 0.15) is 24.6 Å². The third kappa shape index (κ3) is 2.16. The smallest absolute Gasteiger partial charge is 0.128 e. The van der Waals surface area contributed by atoms with E-state index in [0.717, 1.165) is 18.8 Å². The summed E-state index contributed by atoms with van der Waals surface area (Å²) in [6, 6.07) is 6.49. The van der Waals surface area contributed by atoms with Gasteiger partial charge in [-0.05, 0) is 37.8 Å². The Bertz CT molecular complexity index is 420. The van der Waals surface area contributed by atoms with Gasteiger partial charge in [0.1, 0.15) is 5.82 Å². The number of rotatable bonds is 3. The van der Waals surface area contributed by atoms with Crippen LogP contribution in [0.15, 0.2) is 12.1 Å². The normalized spacial score (nSPS) is 15.3. The van der Waals surface area contributed by atoms with Crippen molar-refractivity contribution in [2.24, 2.45) is 5.92 Å². The first-order valence-corrected chi connectivity index (χ1v) is 5.80. The Labute approximate surface area is 96.7 Å². The van der Waals surface area contributed by atoms with E-state index in [-0.39, 0.29) is 5.92 Å². The minimum absolute atomic E-state index is 0.0417. The molecule has 0 amide bonds. The first-order chi connectivity index (χ1) is 7.70. The lowest BCUT2D eigenvalue weighted by molar-refractivity contribution is 0.709. The first kappa shape index (κ1) is 10.9. The maximum absolute atomic E-state index is 8.79. The Morgan fingerprint density at radius 2 is 2.31 bits per heavy atom. The van der Waals surface area contributed by atoms with Crippen LogP contribution in [-0.4, -0.2) is 18.6 Å². The number of nitrogens with zero attached hydrogens (tertiary/aromatic N) is 3. The van der Waals surface area contributed by atoms with Crippen molar-refractivity contribution in [1.82, 2.24) is 4.98 Å². The monoisotopic (exact) mass is 215 g/mol. The summed E-state index contributed by atoms with van der Waals surface area (Å²) in [5.41, 5.74) is 2.64. The minimum Gasteiger partial charge on any atom is -0.358 e. The van der Waals surface area contributed by atoms with E-state index >= 15 is 0 Å². The quantitative estimate of drug-likeness (QED) is 0.775. The van der Waals surface area contributed by atoms with Crippen molar-refractivity contribution in [3.63, 3.8) is 0 Å². The predicted molar refractivity (Wildman–Crippen MR) is 64.3 cm³/mol. The molecule has 1 heterocycles. The summed E-state index contributed by atoms with van der Waals surface area (Å²) in [5.74, 6) is 1.03. The molecule has 1 aliphatic rings. The van der Waals surface area contributed by atoms with E-state index < -0.39 is 0 Å². The van der Waals surface area contributed by atoms with Gasteiger partial charge in [0.25, 0.3) is 0 Å². The van der Waals surface area contributed by atoms with Crippen LogP contribution in [0, 0.1) is 17.2 Å². The van der Waals surface area contributed by atoms with Crippen molar-refractivity contribution < 1.29 is 0 Å². The van der Waals surface area contributed by atoms with Crippen molar-refractivity contribution in [3.8, 4) is 6.07 Å². The van der Waals surface area contributed by atoms with E-state index in [1.165, 1.54) is 24.1 Å². The summed E-state index contributed by atoms with van der Waals surface area (Å²) in [6.07, 6.45) is 3.50. The average Bonchev–Trinajstić information content (AvgIpc) is 2.75. The molecule has 0 saturated heterocycles. The second-order valence-corrected chi connectivity index (χ2v) is 4.54. The van der Waals surface area contributed by atoms with Gasteiger partial charge in [-0.2, -0.15) is 5.26 Å². The molecule has 16 heavy (non-hydrogen) atoms. The largest absolute Gasteiger partial charge is 0.358 e. The second-order valence-electron chi connectivity index (χ2n) is 4.54. The lowest BCUT2D eigenvalue weighted by Crippen LogP contribution is -2.24. The Morgan fingerprint density at radius 1 is 1.50 bits per heavy atom. The summed E-state index contributed by atoms with van der Waals surface area (Å²) in [7, 11) is 2.00. The van der Waals surface area contributed by atoms with Crippen molar-refractivity contribution in [2.45, 2.75) is 26.2 Å². The molecule has 0 saturated carbocycles. The molecule has 2 rings (SSSR count). The fourth-order valence-corrected chi connectivity index (χ4v) is 2.17. The minimum atomic E-state index is 0.0417. The molecule has 0 fully saturated rings. The predicted octanol–water partition coefficient (Wildman–Crippen LogP) is 2.17. The molecule has 3 heteroatoms. The van der Waals surface area contributed by atoms with Gasteiger partial charge in [0.05, 0.1) is 12.0 Å². The molecule has 3 nitrogen and oxygen atoms in total. The molecular weight excluding hydrogens is 198 g/mol. The topological polar surface area (TPSA) is 39.9 Å². The van der Waals surface area contributed by atoms with Gasteiger partial charge in [-0.3, -0.25) is 0 Å². The standard InChI is InChI=1S/C13H17N3/c1-10(8-14)9-16(2)13-7-6-11-4-3-5-12(11)15-13/h6-7,10H,3-5,9H2,1-2H3. The second kappa shape index (κ2) is 4.52. The van der Waals surface area contributed by atoms with Gasteiger partial charge in [0.2, 0.25) is 0 Å². The summed E-state index contributed by atoms with van der Waals surface area (Å²) in [6.45, 7) is 2.67. The van der Waals surface area contributed by atoms with E-state index in [1.54, 1.807) is 0 Å². The highest BCUT2D eigenvalue weighted by molar-refractivity contribution is 5.42. The van der Waals surface area contributed by atoms with E-state index in [4.69, 9.17) is 5.26 Å². The van der Waals surface area contributed by atoms with Crippen molar-refractivity contribution in [1.29, 1.82) is 5.26 Å². The SMILES string of the molecule is CC(C#N)CN(C)c1ccc2c(n1)CCC2. The number of nitriles is 1. The highest BCUT2D eigenvalue weighted by Crippen LogP contribution is 2.23. The number of hydrogen-bond acceptors (Lipinski definition) is 3. The van der Waals surface area contributed by atoms with Gasteiger partial charge in [0, 0.05) is 19.3 Å². The van der Waals surface area contributed by atoms with Crippen LogP contribution in [0.25, 0.3) is 0 Å². The van der Waals surface area contributed by atoms with Crippen LogP contribution >= 0.6 is 0 Å². The Hall–Kier alpha value is -1.56. The van der Waals surface area contributed by atoms with Crippen LogP contribution in [0.3, 0.4) is 0 Å². The molecule has 0 N–H and O–H groups in total. The molecular formula is C13H17N3.